The van der Waals surface area contributed by atoms with Gasteiger partial charge in [0.25, 0.3) is 0 Å². The maximum atomic E-state index is 11.2. The summed E-state index contributed by atoms with van der Waals surface area (Å²) in [7, 11) is 3.38. The number of amides is 2. The molecular weight excluding hydrogens is 154 g/mol. The van der Waals surface area contributed by atoms with Gasteiger partial charge in [0.15, 0.2) is 0 Å². The quantitative estimate of drug-likeness (QED) is 0.648. The third kappa shape index (κ3) is 2.11. The van der Waals surface area contributed by atoms with Crippen LogP contribution in [0.3, 0.4) is 0 Å². The Balaban J connectivity index is 4.40. The molecule has 0 spiro atoms. The lowest BCUT2D eigenvalue weighted by molar-refractivity contribution is 0.148. The SMILES string of the molecule is CCC(C)(CN)N(C)C(=O)NC. The van der Waals surface area contributed by atoms with Gasteiger partial charge in [-0.25, -0.2) is 4.79 Å². The number of carbonyl (C=O) groups excluding carboxylic acids is 1. The summed E-state index contributed by atoms with van der Waals surface area (Å²) in [4.78, 5) is 12.9. The van der Waals surface area contributed by atoms with Crippen molar-refractivity contribution >= 4 is 6.03 Å². The molecule has 4 nitrogen and oxygen atoms in total. The van der Waals surface area contributed by atoms with Crippen LogP contribution in [0.5, 0.6) is 0 Å². The summed E-state index contributed by atoms with van der Waals surface area (Å²) < 4.78 is 0. The summed E-state index contributed by atoms with van der Waals surface area (Å²) in [6, 6.07) is -0.0928. The number of nitrogens with two attached hydrogens (primary N) is 1. The zero-order chi connectivity index (χ0) is 9.78. The first kappa shape index (κ1) is 11.2. The molecule has 0 saturated carbocycles. The van der Waals surface area contributed by atoms with Crippen molar-refractivity contribution in [3.63, 3.8) is 0 Å². The van der Waals surface area contributed by atoms with Crippen molar-refractivity contribution in [3.8, 4) is 0 Å². The van der Waals surface area contributed by atoms with E-state index in [4.69, 9.17) is 5.73 Å². The van der Waals surface area contributed by atoms with Crippen LogP contribution >= 0.6 is 0 Å². The van der Waals surface area contributed by atoms with Crippen molar-refractivity contribution in [2.24, 2.45) is 5.73 Å². The van der Waals surface area contributed by atoms with Crippen LogP contribution in [0.1, 0.15) is 20.3 Å². The molecule has 0 radical (unpaired) electrons. The number of hydrogen-bond donors (Lipinski definition) is 2. The van der Waals surface area contributed by atoms with E-state index in [-0.39, 0.29) is 11.6 Å². The average molecular weight is 173 g/mol. The zero-order valence-electron chi connectivity index (χ0n) is 8.35. The van der Waals surface area contributed by atoms with E-state index < -0.39 is 0 Å². The van der Waals surface area contributed by atoms with E-state index in [2.05, 4.69) is 5.32 Å². The first-order valence-corrected chi connectivity index (χ1v) is 4.17. The molecule has 1 unspecified atom stereocenters. The van der Waals surface area contributed by atoms with Crippen LogP contribution in [0.15, 0.2) is 0 Å². The molecule has 0 aromatic heterocycles. The fraction of sp³-hybridized carbons (Fsp3) is 0.875. The maximum Gasteiger partial charge on any atom is 0.317 e. The zero-order valence-corrected chi connectivity index (χ0v) is 8.35. The maximum absolute atomic E-state index is 11.2. The lowest BCUT2D eigenvalue weighted by Gasteiger charge is -2.36. The van der Waals surface area contributed by atoms with Crippen LogP contribution in [-0.2, 0) is 0 Å². The topological polar surface area (TPSA) is 58.4 Å². The van der Waals surface area contributed by atoms with Crippen molar-refractivity contribution in [1.82, 2.24) is 10.2 Å². The molecule has 0 aliphatic rings. The molecule has 1 atom stereocenters. The van der Waals surface area contributed by atoms with E-state index in [1.54, 1.807) is 19.0 Å². The molecule has 0 aliphatic carbocycles. The smallest absolute Gasteiger partial charge is 0.317 e. The standard InChI is InChI=1S/C8H19N3O/c1-5-8(2,6-9)11(4)7(12)10-3/h5-6,9H2,1-4H3,(H,10,12). The van der Waals surface area contributed by atoms with E-state index in [1.165, 1.54) is 0 Å². The van der Waals surface area contributed by atoms with Crippen molar-refractivity contribution in [2.45, 2.75) is 25.8 Å². The number of carbonyl (C=O) groups is 1. The fourth-order valence-electron chi connectivity index (χ4n) is 0.931. The number of hydrogen-bond acceptors (Lipinski definition) is 2. The van der Waals surface area contributed by atoms with Crippen LogP contribution in [0.2, 0.25) is 0 Å². The van der Waals surface area contributed by atoms with Crippen molar-refractivity contribution in [2.75, 3.05) is 20.6 Å². The van der Waals surface area contributed by atoms with Gasteiger partial charge >= 0.3 is 6.03 Å². The van der Waals surface area contributed by atoms with Gasteiger partial charge in [-0.1, -0.05) is 6.92 Å². The van der Waals surface area contributed by atoms with Gasteiger partial charge in [0.05, 0.1) is 5.54 Å². The number of nitrogens with one attached hydrogen (secondary N) is 1. The Morgan fingerprint density at radius 3 is 2.42 bits per heavy atom. The van der Waals surface area contributed by atoms with Crippen LogP contribution in [0.25, 0.3) is 0 Å². The first-order valence-electron chi connectivity index (χ1n) is 4.17. The summed E-state index contributed by atoms with van der Waals surface area (Å²) in [6.07, 6.45) is 0.855. The van der Waals surface area contributed by atoms with E-state index in [9.17, 15) is 4.79 Å². The highest BCUT2D eigenvalue weighted by atomic mass is 16.2. The van der Waals surface area contributed by atoms with E-state index in [1.807, 2.05) is 13.8 Å². The van der Waals surface area contributed by atoms with Gasteiger partial charge in [-0.3, -0.25) is 0 Å². The second-order valence-electron chi connectivity index (χ2n) is 3.17. The van der Waals surface area contributed by atoms with Gasteiger partial charge in [-0.15, -0.1) is 0 Å². The minimum absolute atomic E-state index is 0.0928. The lowest BCUT2D eigenvalue weighted by atomic mass is 9.98. The molecule has 0 fully saturated rings. The minimum atomic E-state index is -0.236. The fourth-order valence-corrected chi connectivity index (χ4v) is 0.931. The first-order chi connectivity index (χ1) is 5.51. The van der Waals surface area contributed by atoms with Crippen LogP contribution in [0.4, 0.5) is 4.79 Å². The Bertz CT molecular complexity index is 154. The number of rotatable bonds is 3. The van der Waals surface area contributed by atoms with Crippen molar-refractivity contribution < 1.29 is 4.79 Å². The molecule has 0 aromatic rings. The van der Waals surface area contributed by atoms with Crippen molar-refractivity contribution in [3.05, 3.63) is 0 Å². The molecule has 0 aliphatic heterocycles. The molecule has 2 amide bonds. The molecule has 12 heavy (non-hydrogen) atoms. The Hall–Kier alpha value is -0.770. The molecule has 0 saturated heterocycles. The highest BCUT2D eigenvalue weighted by Gasteiger charge is 2.28. The van der Waals surface area contributed by atoms with Crippen molar-refractivity contribution in [1.29, 1.82) is 0 Å². The monoisotopic (exact) mass is 173 g/mol. The molecule has 0 aromatic carbocycles. The largest absolute Gasteiger partial charge is 0.341 e. The van der Waals surface area contributed by atoms with E-state index >= 15 is 0 Å². The van der Waals surface area contributed by atoms with Crippen LogP contribution < -0.4 is 11.1 Å². The number of likely N-dealkylation sites (N-methyl/N-ethyl adjacent to an activating group) is 1. The second-order valence-corrected chi connectivity index (χ2v) is 3.17. The molecule has 0 bridgehead atoms. The summed E-state index contributed by atoms with van der Waals surface area (Å²) in [6.45, 7) is 4.47. The Labute approximate surface area is 74.1 Å². The Morgan fingerprint density at radius 1 is 1.67 bits per heavy atom. The molecular formula is C8H19N3O. The number of nitrogens with zero attached hydrogens (tertiary/aromatic N) is 1. The average Bonchev–Trinajstić information content (AvgIpc) is 2.14. The van der Waals surface area contributed by atoms with Gasteiger partial charge in [0, 0.05) is 20.6 Å². The lowest BCUT2D eigenvalue weighted by Crippen LogP contribution is -2.54. The predicted octanol–water partition coefficient (Wildman–Crippen LogP) is 0.385. The summed E-state index contributed by atoms with van der Waals surface area (Å²) in [5.41, 5.74) is 5.35. The highest BCUT2D eigenvalue weighted by Crippen LogP contribution is 2.15. The van der Waals surface area contributed by atoms with Crippen LogP contribution in [0, 0.1) is 0 Å². The third-order valence-corrected chi connectivity index (χ3v) is 2.53. The molecule has 3 N–H and O–H groups in total. The third-order valence-electron chi connectivity index (χ3n) is 2.53. The molecule has 72 valence electrons. The summed E-state index contributed by atoms with van der Waals surface area (Å²) in [5, 5.41) is 2.57. The Kier molecular flexibility index (Phi) is 4.03. The predicted molar refractivity (Wildman–Crippen MR) is 50.0 cm³/mol. The van der Waals surface area contributed by atoms with Gasteiger partial charge in [-0.05, 0) is 13.3 Å². The summed E-state index contributed by atoms with van der Waals surface area (Å²) >= 11 is 0. The van der Waals surface area contributed by atoms with Gasteiger partial charge in [0.1, 0.15) is 0 Å². The molecule has 0 heterocycles. The summed E-state index contributed by atoms with van der Waals surface area (Å²) in [5.74, 6) is 0. The van der Waals surface area contributed by atoms with E-state index in [0.29, 0.717) is 6.54 Å². The second kappa shape index (κ2) is 4.30. The number of urea groups is 1. The normalized spacial score (nSPS) is 15.1. The van der Waals surface area contributed by atoms with Gasteiger partial charge in [-0.2, -0.15) is 0 Å². The minimum Gasteiger partial charge on any atom is -0.341 e. The molecule has 0 rings (SSSR count). The van der Waals surface area contributed by atoms with Gasteiger partial charge in [0.2, 0.25) is 0 Å². The van der Waals surface area contributed by atoms with E-state index in [0.717, 1.165) is 6.42 Å². The molecule has 4 heteroatoms. The van der Waals surface area contributed by atoms with Crippen LogP contribution in [-0.4, -0.2) is 37.1 Å². The highest BCUT2D eigenvalue weighted by molar-refractivity contribution is 5.74. The van der Waals surface area contributed by atoms with Gasteiger partial charge < -0.3 is 16.0 Å². The Morgan fingerprint density at radius 2 is 2.17 bits per heavy atom.